The number of carbonyl (C=O) groups is 1. The molecule has 150 valence electrons. The Bertz CT molecular complexity index is 847. The maximum absolute atomic E-state index is 12.5. The summed E-state index contributed by atoms with van der Waals surface area (Å²) in [5.41, 5.74) is 1.33. The molecule has 28 heavy (non-hydrogen) atoms. The Morgan fingerprint density at radius 1 is 1.21 bits per heavy atom. The number of piperidine rings is 1. The molecule has 1 aromatic heterocycles. The number of rotatable bonds is 7. The van der Waals surface area contributed by atoms with E-state index in [1.807, 2.05) is 18.5 Å². The molecule has 2 aliphatic heterocycles. The van der Waals surface area contributed by atoms with Gasteiger partial charge in [0.15, 0.2) is 11.5 Å². The highest BCUT2D eigenvalue weighted by molar-refractivity contribution is 5.77. The van der Waals surface area contributed by atoms with E-state index in [1.165, 1.54) is 5.56 Å². The molecule has 1 amide bonds. The SMILES string of the molecule is CCc1nccn1CCCN1C[C@@](C)(Cc2ccc3c(c2)OCO3)CCC1=O. The first-order valence-corrected chi connectivity index (χ1v) is 10.2. The Hall–Kier alpha value is -2.50. The average Bonchev–Trinajstić information content (AvgIpc) is 3.33. The molecule has 0 saturated carbocycles. The van der Waals surface area contributed by atoms with Crippen LogP contribution in [0.25, 0.3) is 0 Å². The van der Waals surface area contributed by atoms with Crippen LogP contribution in [0, 0.1) is 5.41 Å². The van der Waals surface area contributed by atoms with Gasteiger partial charge in [-0.2, -0.15) is 0 Å². The van der Waals surface area contributed by atoms with Gasteiger partial charge in [-0.3, -0.25) is 4.79 Å². The maximum Gasteiger partial charge on any atom is 0.231 e. The van der Waals surface area contributed by atoms with Crippen molar-refractivity contribution in [2.45, 2.75) is 52.5 Å². The molecule has 0 aliphatic carbocycles. The van der Waals surface area contributed by atoms with Gasteiger partial charge in [-0.25, -0.2) is 4.98 Å². The van der Waals surface area contributed by atoms with Crippen LogP contribution in [0.1, 0.15) is 44.5 Å². The largest absolute Gasteiger partial charge is 0.454 e. The van der Waals surface area contributed by atoms with E-state index in [2.05, 4.69) is 40.4 Å². The second-order valence-corrected chi connectivity index (χ2v) is 8.23. The molecule has 4 rings (SSSR count). The molecule has 0 radical (unpaired) electrons. The minimum atomic E-state index is 0.0885. The summed E-state index contributed by atoms with van der Waals surface area (Å²) in [5.74, 6) is 3.04. The Labute approximate surface area is 166 Å². The Balaban J connectivity index is 1.36. The lowest BCUT2D eigenvalue weighted by molar-refractivity contribution is -0.137. The zero-order valence-electron chi connectivity index (χ0n) is 16.8. The van der Waals surface area contributed by atoms with Crippen LogP contribution >= 0.6 is 0 Å². The van der Waals surface area contributed by atoms with Crippen molar-refractivity contribution in [3.63, 3.8) is 0 Å². The summed E-state index contributed by atoms with van der Waals surface area (Å²) in [7, 11) is 0. The van der Waals surface area contributed by atoms with Gasteiger partial charge in [0.2, 0.25) is 12.7 Å². The van der Waals surface area contributed by atoms with Gasteiger partial charge in [0.25, 0.3) is 0 Å². The molecule has 0 spiro atoms. The Kier molecular flexibility index (Phi) is 5.29. The zero-order valence-corrected chi connectivity index (χ0v) is 16.8. The lowest BCUT2D eigenvalue weighted by atomic mass is 9.76. The number of likely N-dealkylation sites (tertiary alicyclic amines) is 1. The normalized spacial score (nSPS) is 21.4. The van der Waals surface area contributed by atoms with Gasteiger partial charge in [0.1, 0.15) is 5.82 Å². The number of aryl methyl sites for hydroxylation is 2. The van der Waals surface area contributed by atoms with Crippen molar-refractivity contribution in [3.8, 4) is 11.5 Å². The summed E-state index contributed by atoms with van der Waals surface area (Å²) in [6.45, 7) is 7.24. The molecular formula is C22H29N3O3. The van der Waals surface area contributed by atoms with Crippen LogP contribution in [-0.4, -0.2) is 40.2 Å². The van der Waals surface area contributed by atoms with E-state index in [9.17, 15) is 4.79 Å². The van der Waals surface area contributed by atoms with Gasteiger partial charge in [-0.1, -0.05) is 19.9 Å². The van der Waals surface area contributed by atoms with E-state index in [4.69, 9.17) is 9.47 Å². The van der Waals surface area contributed by atoms with Crippen LogP contribution < -0.4 is 9.47 Å². The van der Waals surface area contributed by atoms with E-state index >= 15 is 0 Å². The summed E-state index contributed by atoms with van der Waals surface area (Å²) in [4.78, 5) is 18.9. The summed E-state index contributed by atoms with van der Waals surface area (Å²) >= 11 is 0. The van der Waals surface area contributed by atoms with Gasteiger partial charge in [-0.05, 0) is 42.4 Å². The van der Waals surface area contributed by atoms with Crippen LogP contribution in [0.2, 0.25) is 0 Å². The smallest absolute Gasteiger partial charge is 0.231 e. The molecule has 1 aromatic carbocycles. The molecule has 1 saturated heterocycles. The highest BCUT2D eigenvalue weighted by atomic mass is 16.7. The van der Waals surface area contributed by atoms with E-state index < -0.39 is 0 Å². The summed E-state index contributed by atoms with van der Waals surface area (Å²) in [6, 6.07) is 6.19. The highest BCUT2D eigenvalue weighted by Crippen LogP contribution is 2.37. The third kappa shape index (κ3) is 4.01. The van der Waals surface area contributed by atoms with Crippen LogP contribution in [0.15, 0.2) is 30.6 Å². The third-order valence-electron chi connectivity index (χ3n) is 5.88. The van der Waals surface area contributed by atoms with Gasteiger partial charge >= 0.3 is 0 Å². The minimum absolute atomic E-state index is 0.0885. The van der Waals surface area contributed by atoms with E-state index in [-0.39, 0.29) is 11.3 Å². The van der Waals surface area contributed by atoms with Gasteiger partial charge in [-0.15, -0.1) is 0 Å². The molecule has 1 fully saturated rings. The predicted octanol–water partition coefficient (Wildman–Crippen LogP) is 3.44. The highest BCUT2D eigenvalue weighted by Gasteiger charge is 2.35. The average molecular weight is 383 g/mol. The zero-order chi connectivity index (χ0) is 19.6. The number of nitrogens with zero attached hydrogens (tertiary/aromatic N) is 3. The van der Waals surface area contributed by atoms with Crippen molar-refractivity contribution >= 4 is 5.91 Å². The number of amides is 1. The fourth-order valence-corrected chi connectivity index (χ4v) is 4.38. The molecule has 6 heteroatoms. The molecule has 0 N–H and O–H groups in total. The molecule has 6 nitrogen and oxygen atoms in total. The second kappa shape index (κ2) is 7.86. The molecule has 0 unspecified atom stereocenters. The van der Waals surface area contributed by atoms with Crippen molar-refractivity contribution in [1.82, 2.24) is 14.5 Å². The van der Waals surface area contributed by atoms with E-state index in [0.29, 0.717) is 13.2 Å². The van der Waals surface area contributed by atoms with Gasteiger partial charge in [0.05, 0.1) is 0 Å². The third-order valence-corrected chi connectivity index (χ3v) is 5.88. The Morgan fingerprint density at radius 2 is 2.07 bits per heavy atom. The molecule has 2 aromatic rings. The monoisotopic (exact) mass is 383 g/mol. The van der Waals surface area contributed by atoms with Crippen molar-refractivity contribution in [2.75, 3.05) is 19.9 Å². The minimum Gasteiger partial charge on any atom is -0.454 e. The van der Waals surface area contributed by atoms with Gasteiger partial charge in [0, 0.05) is 44.9 Å². The summed E-state index contributed by atoms with van der Waals surface area (Å²) in [5, 5.41) is 0. The number of aromatic nitrogens is 2. The number of benzene rings is 1. The number of hydrogen-bond acceptors (Lipinski definition) is 4. The van der Waals surface area contributed by atoms with Crippen molar-refractivity contribution in [2.24, 2.45) is 5.41 Å². The lowest BCUT2D eigenvalue weighted by Crippen LogP contribution is -2.46. The summed E-state index contributed by atoms with van der Waals surface area (Å²) in [6.07, 6.45) is 8.27. The van der Waals surface area contributed by atoms with Gasteiger partial charge < -0.3 is 18.9 Å². The quantitative estimate of drug-likeness (QED) is 0.735. The van der Waals surface area contributed by atoms with Crippen LogP contribution in [0.4, 0.5) is 0 Å². The van der Waals surface area contributed by atoms with Crippen LogP contribution in [0.5, 0.6) is 11.5 Å². The fraction of sp³-hybridized carbons (Fsp3) is 0.545. The second-order valence-electron chi connectivity index (χ2n) is 8.23. The lowest BCUT2D eigenvalue weighted by Gasteiger charge is -2.40. The van der Waals surface area contributed by atoms with Crippen LogP contribution in [-0.2, 0) is 24.2 Å². The predicted molar refractivity (Wildman–Crippen MR) is 106 cm³/mol. The number of imidazole rings is 1. The number of fused-ring (bicyclic) bond motifs is 1. The first-order valence-electron chi connectivity index (χ1n) is 10.2. The fourth-order valence-electron chi connectivity index (χ4n) is 4.38. The van der Waals surface area contributed by atoms with E-state index in [0.717, 1.165) is 62.6 Å². The molecule has 1 atom stereocenters. The number of ether oxygens (including phenoxy) is 2. The molecule has 2 aliphatic rings. The maximum atomic E-state index is 12.5. The van der Waals surface area contributed by atoms with E-state index in [1.54, 1.807) is 0 Å². The van der Waals surface area contributed by atoms with Crippen molar-refractivity contribution < 1.29 is 14.3 Å². The molecular weight excluding hydrogens is 354 g/mol. The topological polar surface area (TPSA) is 56.6 Å². The molecule has 3 heterocycles. The first kappa shape index (κ1) is 18.8. The van der Waals surface area contributed by atoms with Crippen molar-refractivity contribution in [1.29, 1.82) is 0 Å². The number of carbonyl (C=O) groups excluding carboxylic acids is 1. The standard InChI is InChI=1S/C22H29N3O3/c1-3-20-23-9-12-24(20)10-4-11-25-15-22(2,8-7-21(25)26)14-17-5-6-18-19(13-17)28-16-27-18/h5-6,9,12-13H,3-4,7-8,10-11,14-16H2,1-2H3/t22-/m1/s1. The molecule has 0 bridgehead atoms. The Morgan fingerprint density at radius 3 is 2.93 bits per heavy atom. The summed E-state index contributed by atoms with van der Waals surface area (Å²) < 4.78 is 13.1. The van der Waals surface area contributed by atoms with Crippen molar-refractivity contribution in [3.05, 3.63) is 42.0 Å². The van der Waals surface area contributed by atoms with Crippen LogP contribution in [0.3, 0.4) is 0 Å². The number of hydrogen-bond donors (Lipinski definition) is 0. The first-order chi connectivity index (χ1) is 13.6.